The van der Waals surface area contributed by atoms with Gasteiger partial charge in [0.15, 0.2) is 0 Å². The van der Waals surface area contributed by atoms with Gasteiger partial charge in [-0.3, -0.25) is 24.6 Å². The Hall–Kier alpha value is -2.68. The molecule has 166 valence electrons. The zero-order valence-electron chi connectivity index (χ0n) is 17.7. The smallest absolute Gasteiger partial charge is 0.269 e. The molecule has 2 amide bonds. The Morgan fingerprint density at radius 1 is 1.13 bits per heavy atom. The molecule has 5 rings (SSSR count). The lowest BCUT2D eigenvalue weighted by atomic mass is 9.83. The molecule has 0 bridgehead atoms. The Balaban J connectivity index is 1.37. The van der Waals surface area contributed by atoms with Gasteiger partial charge in [-0.05, 0) is 43.7 Å². The molecule has 2 atom stereocenters. The van der Waals surface area contributed by atoms with E-state index in [-0.39, 0.29) is 40.4 Å². The van der Waals surface area contributed by atoms with Gasteiger partial charge in [0, 0.05) is 56.6 Å². The Morgan fingerprint density at radius 3 is 2.61 bits per heavy atom. The van der Waals surface area contributed by atoms with Crippen molar-refractivity contribution >= 4 is 23.2 Å². The van der Waals surface area contributed by atoms with Gasteiger partial charge in [0.2, 0.25) is 11.8 Å². The fourth-order valence-corrected chi connectivity index (χ4v) is 5.22. The summed E-state index contributed by atoms with van der Waals surface area (Å²) < 4.78 is 0. The molecule has 1 saturated carbocycles. The minimum atomic E-state index is -0.381. The number of nitro benzene ring substituents is 1. The van der Waals surface area contributed by atoms with Gasteiger partial charge in [0.1, 0.15) is 0 Å². The highest BCUT2D eigenvalue weighted by Gasteiger charge is 2.43. The van der Waals surface area contributed by atoms with Crippen LogP contribution in [0, 0.1) is 16.0 Å². The summed E-state index contributed by atoms with van der Waals surface area (Å²) in [6.45, 7) is 4.19. The van der Waals surface area contributed by atoms with Crippen LogP contribution >= 0.6 is 0 Å². The van der Waals surface area contributed by atoms with Crippen LogP contribution in [0.1, 0.15) is 31.2 Å². The van der Waals surface area contributed by atoms with Crippen molar-refractivity contribution in [3.8, 4) is 0 Å². The van der Waals surface area contributed by atoms with E-state index in [4.69, 9.17) is 0 Å². The normalized spacial score (nSPS) is 25.7. The molecule has 1 aromatic carbocycles. The van der Waals surface area contributed by atoms with Gasteiger partial charge in [-0.25, -0.2) is 0 Å². The molecule has 9 nitrogen and oxygen atoms in total. The quantitative estimate of drug-likeness (QED) is 0.559. The molecular formula is C22H29N5O4. The zero-order valence-corrected chi connectivity index (χ0v) is 17.7. The molecule has 1 aliphatic carbocycles. The predicted octanol–water partition coefficient (Wildman–Crippen LogP) is 1.16. The highest BCUT2D eigenvalue weighted by Crippen LogP contribution is 2.38. The summed E-state index contributed by atoms with van der Waals surface area (Å²) in [7, 11) is 0. The number of rotatable bonds is 5. The van der Waals surface area contributed by atoms with Crippen molar-refractivity contribution in [3.63, 3.8) is 0 Å². The second-order valence-corrected chi connectivity index (χ2v) is 9.25. The second kappa shape index (κ2) is 8.11. The maximum absolute atomic E-state index is 13.1. The molecule has 3 aliphatic heterocycles. The Morgan fingerprint density at radius 2 is 1.90 bits per heavy atom. The number of benzene rings is 1. The van der Waals surface area contributed by atoms with E-state index in [1.165, 1.54) is 0 Å². The van der Waals surface area contributed by atoms with Crippen LogP contribution in [0.15, 0.2) is 18.2 Å². The van der Waals surface area contributed by atoms with Crippen LogP contribution in [0.25, 0.3) is 0 Å². The number of carbonyl (C=O) groups is 2. The first-order valence-electron chi connectivity index (χ1n) is 11.3. The monoisotopic (exact) mass is 427 g/mol. The summed E-state index contributed by atoms with van der Waals surface area (Å²) in [5.74, 6) is -0.0704. The number of piperazine rings is 1. The third-order valence-corrected chi connectivity index (χ3v) is 7.07. The second-order valence-electron chi connectivity index (χ2n) is 9.25. The van der Waals surface area contributed by atoms with E-state index in [0.29, 0.717) is 26.1 Å². The maximum atomic E-state index is 13.1. The molecule has 0 unspecified atom stereocenters. The van der Waals surface area contributed by atoms with Crippen molar-refractivity contribution in [1.29, 1.82) is 0 Å². The average molecular weight is 428 g/mol. The zero-order chi connectivity index (χ0) is 21.5. The molecule has 31 heavy (non-hydrogen) atoms. The first-order valence-corrected chi connectivity index (χ1v) is 11.3. The predicted molar refractivity (Wildman–Crippen MR) is 115 cm³/mol. The van der Waals surface area contributed by atoms with Gasteiger partial charge < -0.3 is 15.1 Å². The van der Waals surface area contributed by atoms with E-state index in [1.807, 2.05) is 11.0 Å². The van der Waals surface area contributed by atoms with Gasteiger partial charge >= 0.3 is 0 Å². The van der Waals surface area contributed by atoms with Crippen molar-refractivity contribution in [2.75, 3.05) is 44.2 Å². The number of nitro groups is 1. The number of non-ortho nitro benzene ring substituents is 1. The van der Waals surface area contributed by atoms with Crippen LogP contribution in [0.3, 0.4) is 0 Å². The van der Waals surface area contributed by atoms with E-state index in [1.54, 1.807) is 12.1 Å². The van der Waals surface area contributed by atoms with Gasteiger partial charge in [-0.2, -0.15) is 0 Å². The minimum absolute atomic E-state index is 0.0300. The number of anilines is 1. The van der Waals surface area contributed by atoms with Crippen molar-refractivity contribution < 1.29 is 14.5 Å². The lowest BCUT2D eigenvalue weighted by Crippen LogP contribution is -2.62. The van der Waals surface area contributed by atoms with Crippen LogP contribution in [0.2, 0.25) is 0 Å². The molecule has 2 saturated heterocycles. The highest BCUT2D eigenvalue weighted by atomic mass is 16.6. The molecule has 9 heteroatoms. The summed E-state index contributed by atoms with van der Waals surface area (Å²) in [6, 6.07) is 5.22. The third-order valence-electron chi connectivity index (χ3n) is 7.07. The summed E-state index contributed by atoms with van der Waals surface area (Å²) >= 11 is 0. The topological polar surface area (TPSA) is 99.0 Å². The molecule has 4 aliphatic rings. The van der Waals surface area contributed by atoms with Gasteiger partial charge in [0.05, 0.1) is 23.4 Å². The molecule has 0 radical (unpaired) electrons. The number of fused-ring (bicyclic) bond motifs is 3. The van der Waals surface area contributed by atoms with E-state index < -0.39 is 0 Å². The number of hydrogen-bond donors (Lipinski definition) is 1. The van der Waals surface area contributed by atoms with Gasteiger partial charge in [0.25, 0.3) is 5.69 Å². The van der Waals surface area contributed by atoms with Crippen molar-refractivity contribution in [2.24, 2.45) is 5.92 Å². The molecule has 3 heterocycles. The Bertz CT molecular complexity index is 896. The number of nitrogens with zero attached hydrogens (tertiary/aromatic N) is 4. The van der Waals surface area contributed by atoms with Crippen molar-refractivity contribution in [1.82, 2.24) is 15.1 Å². The summed E-state index contributed by atoms with van der Waals surface area (Å²) in [6.07, 6.45) is 4.68. The summed E-state index contributed by atoms with van der Waals surface area (Å²) in [5.41, 5.74) is 1.91. The minimum Gasteiger partial charge on any atom is -0.365 e. The lowest BCUT2D eigenvalue weighted by Gasteiger charge is -2.49. The molecule has 1 N–H and O–H groups in total. The first kappa shape index (κ1) is 20.2. The largest absolute Gasteiger partial charge is 0.365 e. The van der Waals surface area contributed by atoms with Crippen molar-refractivity contribution in [2.45, 2.75) is 44.2 Å². The lowest BCUT2D eigenvalue weighted by molar-refractivity contribution is -0.384. The highest BCUT2D eigenvalue weighted by molar-refractivity contribution is 5.83. The first-order chi connectivity index (χ1) is 15.0. The van der Waals surface area contributed by atoms with E-state index in [0.717, 1.165) is 56.6 Å². The summed E-state index contributed by atoms with van der Waals surface area (Å²) in [5, 5.41) is 14.4. The molecule has 0 spiro atoms. The average Bonchev–Trinajstić information content (AvgIpc) is 3.39. The SMILES string of the molecule is O=C(NC1CC1)[C@H]1Cc2cc([N+](=O)[O-])ccc2N2CCN(CC(=O)N3CCCC3)C[C@H]12. The van der Waals surface area contributed by atoms with Crippen LogP contribution in [0.4, 0.5) is 11.4 Å². The number of hydrogen-bond acceptors (Lipinski definition) is 6. The maximum Gasteiger partial charge on any atom is 0.269 e. The number of carbonyl (C=O) groups excluding carboxylic acids is 2. The number of amides is 2. The number of likely N-dealkylation sites (tertiary alicyclic amines) is 1. The Kier molecular flexibility index (Phi) is 5.29. The molecule has 3 fully saturated rings. The molecule has 1 aromatic rings. The summed E-state index contributed by atoms with van der Waals surface area (Å²) in [4.78, 5) is 43.0. The Labute approximate surface area is 181 Å². The fraction of sp³-hybridized carbons (Fsp3) is 0.636. The van der Waals surface area contributed by atoms with E-state index >= 15 is 0 Å². The molecule has 0 aromatic heterocycles. The van der Waals surface area contributed by atoms with Crippen LogP contribution in [0.5, 0.6) is 0 Å². The van der Waals surface area contributed by atoms with Crippen LogP contribution in [-0.2, 0) is 16.0 Å². The molecular weight excluding hydrogens is 398 g/mol. The van der Waals surface area contributed by atoms with Crippen LogP contribution < -0.4 is 10.2 Å². The fourth-order valence-electron chi connectivity index (χ4n) is 5.22. The standard InChI is InChI=1S/C22H29N5O4/c28-21(25-7-1-2-8-25)14-24-9-10-26-19-6-5-17(27(30)31)11-15(19)12-18(20(26)13-24)22(29)23-16-3-4-16/h5-6,11,16,18,20H,1-4,7-10,12-14H2,(H,23,29)/t18-,20+/m0/s1. The van der Waals surface area contributed by atoms with Gasteiger partial charge in [-0.15, -0.1) is 0 Å². The van der Waals surface area contributed by atoms with Crippen molar-refractivity contribution in [3.05, 3.63) is 33.9 Å². The van der Waals surface area contributed by atoms with Gasteiger partial charge in [-0.1, -0.05) is 0 Å². The van der Waals surface area contributed by atoms with E-state index in [2.05, 4.69) is 15.1 Å². The van der Waals surface area contributed by atoms with E-state index in [9.17, 15) is 19.7 Å². The van der Waals surface area contributed by atoms with Crippen LogP contribution in [-0.4, -0.2) is 77.9 Å². The number of nitrogens with one attached hydrogen (secondary N) is 1. The third kappa shape index (κ3) is 4.11.